The van der Waals surface area contributed by atoms with Gasteiger partial charge in [-0.3, -0.25) is 9.59 Å². The molecule has 0 aromatic heterocycles. The van der Waals surface area contributed by atoms with Crippen LogP contribution in [-0.4, -0.2) is 18.2 Å². The van der Waals surface area contributed by atoms with E-state index in [0.717, 1.165) is 0 Å². The number of benzene rings is 2. The Labute approximate surface area is 116 Å². The van der Waals surface area contributed by atoms with Crippen molar-refractivity contribution in [2.75, 3.05) is 6.54 Å². The fourth-order valence-corrected chi connectivity index (χ4v) is 1.77. The molecular formula is C16H14FNO2. The highest BCUT2D eigenvalue weighted by Gasteiger charge is 2.10. The molecular weight excluding hydrogens is 257 g/mol. The number of hydrogen-bond acceptors (Lipinski definition) is 2. The number of hydrogen-bond donors (Lipinski definition) is 1. The highest BCUT2D eigenvalue weighted by atomic mass is 19.1. The molecule has 2 aromatic rings. The second-order valence-corrected chi connectivity index (χ2v) is 4.44. The van der Waals surface area contributed by atoms with Crippen LogP contribution in [0.3, 0.4) is 0 Å². The van der Waals surface area contributed by atoms with Crippen LogP contribution in [0.15, 0.2) is 48.5 Å². The summed E-state index contributed by atoms with van der Waals surface area (Å²) in [5, 5.41) is 2.53. The zero-order chi connectivity index (χ0) is 14.5. The first-order chi connectivity index (χ1) is 9.58. The number of carbonyl (C=O) groups excluding carboxylic acids is 2. The molecule has 20 heavy (non-hydrogen) atoms. The van der Waals surface area contributed by atoms with E-state index in [-0.39, 0.29) is 18.1 Å². The van der Waals surface area contributed by atoms with E-state index in [4.69, 9.17) is 0 Å². The molecule has 1 amide bonds. The van der Waals surface area contributed by atoms with E-state index in [9.17, 15) is 14.0 Å². The summed E-state index contributed by atoms with van der Waals surface area (Å²) in [7, 11) is 0. The van der Waals surface area contributed by atoms with Gasteiger partial charge in [0.2, 0.25) is 0 Å². The van der Waals surface area contributed by atoms with Gasteiger partial charge in [0.05, 0.1) is 6.54 Å². The Bertz CT molecular complexity index is 638. The Balaban J connectivity index is 1.98. The topological polar surface area (TPSA) is 46.2 Å². The molecule has 0 bridgehead atoms. The molecule has 0 aliphatic heterocycles. The number of amides is 1. The van der Waals surface area contributed by atoms with Crippen molar-refractivity contribution in [3.05, 3.63) is 71.0 Å². The average molecular weight is 271 g/mol. The lowest BCUT2D eigenvalue weighted by atomic mass is 10.1. The van der Waals surface area contributed by atoms with Crippen LogP contribution in [0.4, 0.5) is 4.39 Å². The minimum absolute atomic E-state index is 0.0841. The van der Waals surface area contributed by atoms with Crippen molar-refractivity contribution in [3.8, 4) is 0 Å². The van der Waals surface area contributed by atoms with Gasteiger partial charge in [-0.15, -0.1) is 0 Å². The fourth-order valence-electron chi connectivity index (χ4n) is 1.77. The van der Waals surface area contributed by atoms with Crippen molar-refractivity contribution in [2.45, 2.75) is 6.92 Å². The Hall–Kier alpha value is -2.49. The van der Waals surface area contributed by atoms with Crippen molar-refractivity contribution in [2.24, 2.45) is 0 Å². The van der Waals surface area contributed by atoms with Crippen LogP contribution in [0, 0.1) is 12.7 Å². The molecule has 0 heterocycles. The Kier molecular flexibility index (Phi) is 4.25. The average Bonchev–Trinajstić information content (AvgIpc) is 2.48. The molecule has 0 aliphatic rings. The number of ketones is 1. The van der Waals surface area contributed by atoms with Gasteiger partial charge in [0.15, 0.2) is 5.78 Å². The molecule has 0 atom stereocenters. The van der Waals surface area contributed by atoms with Gasteiger partial charge in [-0.2, -0.15) is 0 Å². The van der Waals surface area contributed by atoms with E-state index < -0.39 is 5.91 Å². The normalized spacial score (nSPS) is 10.1. The SMILES string of the molecule is Cc1cc(C(=O)NCC(=O)c2ccccc2)ccc1F. The Morgan fingerprint density at radius 2 is 1.75 bits per heavy atom. The first kappa shape index (κ1) is 13.9. The predicted octanol–water partition coefficient (Wildman–Crippen LogP) is 2.75. The summed E-state index contributed by atoms with van der Waals surface area (Å²) in [4.78, 5) is 23.7. The highest BCUT2D eigenvalue weighted by Crippen LogP contribution is 2.09. The molecule has 102 valence electrons. The minimum Gasteiger partial charge on any atom is -0.345 e. The zero-order valence-corrected chi connectivity index (χ0v) is 11.0. The third-order valence-corrected chi connectivity index (χ3v) is 2.93. The number of carbonyl (C=O) groups is 2. The maximum absolute atomic E-state index is 13.1. The predicted molar refractivity (Wildman–Crippen MR) is 74.2 cm³/mol. The van der Waals surface area contributed by atoms with Gasteiger partial charge in [0.25, 0.3) is 5.91 Å². The lowest BCUT2D eigenvalue weighted by molar-refractivity contribution is 0.0904. The van der Waals surface area contributed by atoms with Gasteiger partial charge in [0, 0.05) is 11.1 Å². The second kappa shape index (κ2) is 6.10. The Morgan fingerprint density at radius 1 is 1.05 bits per heavy atom. The maximum Gasteiger partial charge on any atom is 0.251 e. The smallest absolute Gasteiger partial charge is 0.251 e. The van der Waals surface area contributed by atoms with Gasteiger partial charge in [-0.1, -0.05) is 30.3 Å². The van der Waals surface area contributed by atoms with Crippen molar-refractivity contribution in [1.82, 2.24) is 5.32 Å². The molecule has 0 spiro atoms. The maximum atomic E-state index is 13.1. The van der Waals surface area contributed by atoms with E-state index in [1.54, 1.807) is 31.2 Å². The second-order valence-electron chi connectivity index (χ2n) is 4.44. The number of rotatable bonds is 4. The summed E-state index contributed by atoms with van der Waals surface area (Å²) in [6.45, 7) is 1.50. The van der Waals surface area contributed by atoms with Crippen LogP contribution in [0.25, 0.3) is 0 Å². The van der Waals surface area contributed by atoms with Crippen LogP contribution in [0.5, 0.6) is 0 Å². The summed E-state index contributed by atoms with van der Waals surface area (Å²) in [6.07, 6.45) is 0. The van der Waals surface area contributed by atoms with Crippen LogP contribution in [0.2, 0.25) is 0 Å². The van der Waals surface area contributed by atoms with Gasteiger partial charge in [0.1, 0.15) is 5.82 Å². The van der Waals surface area contributed by atoms with Crippen LogP contribution in [-0.2, 0) is 0 Å². The van der Waals surface area contributed by atoms with E-state index in [1.165, 1.54) is 18.2 Å². The summed E-state index contributed by atoms with van der Waals surface area (Å²) >= 11 is 0. The van der Waals surface area contributed by atoms with Crippen LogP contribution >= 0.6 is 0 Å². The zero-order valence-electron chi connectivity index (χ0n) is 11.0. The summed E-state index contributed by atoms with van der Waals surface area (Å²) in [5.74, 6) is -0.919. The van der Waals surface area contributed by atoms with Crippen molar-refractivity contribution < 1.29 is 14.0 Å². The van der Waals surface area contributed by atoms with E-state index >= 15 is 0 Å². The standard InChI is InChI=1S/C16H14FNO2/c1-11-9-13(7-8-14(11)17)16(20)18-10-15(19)12-5-3-2-4-6-12/h2-9H,10H2,1H3,(H,18,20). The third kappa shape index (κ3) is 3.29. The largest absolute Gasteiger partial charge is 0.345 e. The molecule has 0 fully saturated rings. The number of nitrogens with one attached hydrogen (secondary N) is 1. The van der Waals surface area contributed by atoms with Gasteiger partial charge < -0.3 is 5.32 Å². The molecule has 0 saturated heterocycles. The lowest BCUT2D eigenvalue weighted by Crippen LogP contribution is -2.29. The van der Waals surface area contributed by atoms with Gasteiger partial charge in [-0.25, -0.2) is 4.39 Å². The molecule has 0 radical (unpaired) electrons. The number of halogens is 1. The lowest BCUT2D eigenvalue weighted by Gasteiger charge is -2.06. The van der Waals surface area contributed by atoms with Gasteiger partial charge >= 0.3 is 0 Å². The van der Waals surface area contributed by atoms with Crippen molar-refractivity contribution in [1.29, 1.82) is 0 Å². The van der Waals surface area contributed by atoms with Crippen molar-refractivity contribution in [3.63, 3.8) is 0 Å². The molecule has 0 unspecified atom stereocenters. The Morgan fingerprint density at radius 3 is 2.40 bits per heavy atom. The quantitative estimate of drug-likeness (QED) is 0.869. The molecule has 2 aromatic carbocycles. The third-order valence-electron chi connectivity index (χ3n) is 2.93. The molecule has 0 aliphatic carbocycles. The van der Waals surface area contributed by atoms with E-state index in [0.29, 0.717) is 16.7 Å². The van der Waals surface area contributed by atoms with E-state index in [2.05, 4.69) is 5.32 Å². The molecule has 4 heteroatoms. The van der Waals surface area contributed by atoms with Gasteiger partial charge in [-0.05, 0) is 30.7 Å². The van der Waals surface area contributed by atoms with Crippen LogP contribution < -0.4 is 5.32 Å². The molecule has 2 rings (SSSR count). The number of Topliss-reactive ketones (excluding diaryl/α,β-unsaturated/α-hetero) is 1. The van der Waals surface area contributed by atoms with E-state index in [1.807, 2.05) is 6.07 Å². The monoisotopic (exact) mass is 271 g/mol. The number of aryl methyl sites for hydroxylation is 1. The molecule has 3 nitrogen and oxygen atoms in total. The summed E-state index contributed by atoms with van der Waals surface area (Å²) < 4.78 is 13.1. The minimum atomic E-state index is -0.391. The molecule has 0 saturated carbocycles. The van der Waals surface area contributed by atoms with Crippen molar-refractivity contribution >= 4 is 11.7 Å². The summed E-state index contributed by atoms with van der Waals surface area (Å²) in [5.41, 5.74) is 1.28. The fraction of sp³-hybridized carbons (Fsp3) is 0.125. The first-order valence-electron chi connectivity index (χ1n) is 6.20. The highest BCUT2D eigenvalue weighted by molar-refractivity contribution is 6.02. The first-order valence-corrected chi connectivity index (χ1v) is 6.20. The summed E-state index contributed by atoms with van der Waals surface area (Å²) in [6, 6.07) is 12.8. The van der Waals surface area contributed by atoms with Crippen LogP contribution in [0.1, 0.15) is 26.3 Å². The molecule has 1 N–H and O–H groups in total.